The summed E-state index contributed by atoms with van der Waals surface area (Å²) in [5, 5.41) is 9.55. The quantitative estimate of drug-likeness (QED) is 0.321. The van der Waals surface area contributed by atoms with Crippen LogP contribution in [-0.4, -0.2) is 28.3 Å². The fourth-order valence-corrected chi connectivity index (χ4v) is 4.49. The highest BCUT2D eigenvalue weighted by molar-refractivity contribution is 9.10. The molecule has 1 amide bonds. The Kier molecular flexibility index (Phi) is 6.54. The Morgan fingerprint density at radius 2 is 1.69 bits per heavy atom. The second kappa shape index (κ2) is 9.35. The smallest absolute Gasteiger partial charge is 0.359 e. The molecule has 162 valence electrons. The van der Waals surface area contributed by atoms with Crippen LogP contribution >= 0.6 is 43.2 Å². The number of hydrogen-bond donors (Lipinski definition) is 1. The van der Waals surface area contributed by atoms with E-state index in [0.717, 1.165) is 25.0 Å². The number of aromatic nitrogens is 2. The number of anilines is 1. The fourth-order valence-electron chi connectivity index (χ4n) is 3.03. The van der Waals surface area contributed by atoms with E-state index >= 15 is 0 Å². The molecular formula is C22H15Br2N3O4S. The third-order valence-corrected chi connectivity index (χ3v) is 6.48. The molecule has 2 aromatic carbocycles. The molecule has 2 aromatic heterocycles. The van der Waals surface area contributed by atoms with E-state index in [-0.39, 0.29) is 23.6 Å². The molecule has 0 saturated carbocycles. The van der Waals surface area contributed by atoms with E-state index in [1.54, 1.807) is 60.8 Å². The number of nitrogens with zero attached hydrogens (tertiary/aromatic N) is 2. The summed E-state index contributed by atoms with van der Waals surface area (Å²) in [6.07, 6.45) is 0. The zero-order valence-corrected chi connectivity index (χ0v) is 20.6. The zero-order valence-electron chi connectivity index (χ0n) is 16.6. The van der Waals surface area contributed by atoms with E-state index in [2.05, 4.69) is 42.3 Å². The maximum absolute atomic E-state index is 13.4. The van der Waals surface area contributed by atoms with Gasteiger partial charge < -0.3 is 10.1 Å². The van der Waals surface area contributed by atoms with Crippen LogP contribution in [0.15, 0.2) is 67.7 Å². The van der Waals surface area contributed by atoms with Gasteiger partial charge in [-0.05, 0) is 55.5 Å². The maximum Gasteiger partial charge on any atom is 0.359 e. The van der Waals surface area contributed by atoms with Crippen LogP contribution in [-0.2, 0) is 4.74 Å². The molecule has 0 fully saturated rings. The summed E-state index contributed by atoms with van der Waals surface area (Å²) in [5.41, 5.74) is 0.456. The Morgan fingerprint density at radius 3 is 2.31 bits per heavy atom. The molecule has 0 aliphatic heterocycles. The first-order valence-corrected chi connectivity index (χ1v) is 11.9. The van der Waals surface area contributed by atoms with Gasteiger partial charge in [0.05, 0.1) is 17.7 Å². The Labute approximate surface area is 203 Å². The molecule has 4 aromatic rings. The van der Waals surface area contributed by atoms with E-state index in [4.69, 9.17) is 4.74 Å². The summed E-state index contributed by atoms with van der Waals surface area (Å²) in [6, 6.07) is 13.8. The molecule has 0 aliphatic rings. The Balaban J connectivity index is 1.87. The van der Waals surface area contributed by atoms with Crippen LogP contribution in [0.3, 0.4) is 0 Å². The van der Waals surface area contributed by atoms with Crippen molar-refractivity contribution in [1.29, 1.82) is 0 Å². The number of hydrogen-bond acceptors (Lipinski definition) is 6. The molecule has 0 aliphatic carbocycles. The van der Waals surface area contributed by atoms with Crippen molar-refractivity contribution in [2.24, 2.45) is 0 Å². The van der Waals surface area contributed by atoms with Gasteiger partial charge in [0.1, 0.15) is 5.00 Å². The third-order valence-electron chi connectivity index (χ3n) is 4.53. The third kappa shape index (κ3) is 4.38. The molecule has 0 radical (unpaired) electrons. The highest BCUT2D eigenvalue weighted by atomic mass is 79.9. The summed E-state index contributed by atoms with van der Waals surface area (Å²) in [4.78, 5) is 38.7. The molecule has 10 heteroatoms. The second-order valence-corrected chi connectivity index (χ2v) is 9.29. The largest absolute Gasteiger partial charge is 0.461 e. The van der Waals surface area contributed by atoms with Gasteiger partial charge in [0.15, 0.2) is 5.69 Å². The molecule has 0 spiro atoms. The standard InChI is InChI=1S/C22H15Br2N3O4S/c1-2-31-22(30)18-16-11-32-20(25-19(28)12-3-5-13(23)6-4-12)17(16)21(29)27(26-18)15-9-7-14(24)8-10-15/h3-11H,2H2,1H3,(H,25,28). The lowest BCUT2D eigenvalue weighted by Gasteiger charge is -2.10. The van der Waals surface area contributed by atoms with E-state index < -0.39 is 11.5 Å². The maximum atomic E-state index is 13.4. The Hall–Kier alpha value is -2.82. The van der Waals surface area contributed by atoms with Gasteiger partial charge in [-0.25, -0.2) is 4.79 Å². The molecule has 2 heterocycles. The van der Waals surface area contributed by atoms with E-state index in [1.165, 1.54) is 0 Å². The van der Waals surface area contributed by atoms with Gasteiger partial charge in [0.2, 0.25) is 0 Å². The molecule has 32 heavy (non-hydrogen) atoms. The number of rotatable bonds is 5. The van der Waals surface area contributed by atoms with Gasteiger partial charge in [0.25, 0.3) is 11.5 Å². The van der Waals surface area contributed by atoms with Crippen molar-refractivity contribution in [3.63, 3.8) is 0 Å². The van der Waals surface area contributed by atoms with Crippen molar-refractivity contribution in [1.82, 2.24) is 9.78 Å². The molecule has 0 unspecified atom stereocenters. The van der Waals surface area contributed by atoms with Gasteiger partial charge in [0, 0.05) is 25.3 Å². The predicted molar refractivity (Wildman–Crippen MR) is 131 cm³/mol. The predicted octanol–water partition coefficient (Wildman–Crippen LogP) is 5.40. The zero-order chi connectivity index (χ0) is 22.8. The molecule has 0 bridgehead atoms. The highest BCUT2D eigenvalue weighted by Gasteiger charge is 2.23. The van der Waals surface area contributed by atoms with Crippen molar-refractivity contribution in [3.8, 4) is 5.69 Å². The molecular weight excluding hydrogens is 562 g/mol. The van der Waals surface area contributed by atoms with Crippen LogP contribution in [0, 0.1) is 0 Å². The monoisotopic (exact) mass is 575 g/mol. The minimum absolute atomic E-state index is 0.00441. The van der Waals surface area contributed by atoms with Crippen LogP contribution in [0.25, 0.3) is 16.5 Å². The Bertz CT molecular complexity index is 1380. The molecule has 0 saturated heterocycles. The van der Waals surface area contributed by atoms with Crippen LogP contribution in [0.1, 0.15) is 27.8 Å². The number of fused-ring (bicyclic) bond motifs is 1. The van der Waals surface area contributed by atoms with Crippen molar-refractivity contribution in [3.05, 3.63) is 84.5 Å². The first-order chi connectivity index (χ1) is 15.4. The lowest BCUT2D eigenvalue weighted by atomic mass is 10.2. The number of halogens is 2. The van der Waals surface area contributed by atoms with Gasteiger partial charge in [-0.3, -0.25) is 9.59 Å². The number of thiophene rings is 1. The average Bonchev–Trinajstić information content (AvgIpc) is 3.19. The number of carbonyl (C=O) groups excluding carboxylic acids is 2. The number of benzene rings is 2. The van der Waals surface area contributed by atoms with Gasteiger partial charge in [-0.1, -0.05) is 31.9 Å². The Morgan fingerprint density at radius 1 is 1.06 bits per heavy atom. The normalized spacial score (nSPS) is 10.8. The number of ether oxygens (including phenoxy) is 1. The topological polar surface area (TPSA) is 90.3 Å². The first-order valence-electron chi connectivity index (χ1n) is 9.43. The van der Waals surface area contributed by atoms with Gasteiger partial charge >= 0.3 is 5.97 Å². The summed E-state index contributed by atoms with van der Waals surface area (Å²) in [7, 11) is 0. The van der Waals surface area contributed by atoms with E-state index in [9.17, 15) is 14.4 Å². The first kappa shape index (κ1) is 22.4. The van der Waals surface area contributed by atoms with Crippen molar-refractivity contribution in [2.45, 2.75) is 6.92 Å². The highest BCUT2D eigenvalue weighted by Crippen LogP contribution is 2.31. The number of nitrogens with one attached hydrogen (secondary N) is 1. The SMILES string of the molecule is CCOC(=O)c1nn(-c2ccc(Br)cc2)c(=O)c2c(NC(=O)c3ccc(Br)cc3)scc12. The van der Waals surface area contributed by atoms with Crippen molar-refractivity contribution in [2.75, 3.05) is 11.9 Å². The van der Waals surface area contributed by atoms with Crippen LogP contribution in [0.4, 0.5) is 5.00 Å². The van der Waals surface area contributed by atoms with Gasteiger partial charge in [-0.15, -0.1) is 11.3 Å². The van der Waals surface area contributed by atoms with E-state index in [0.29, 0.717) is 21.6 Å². The second-order valence-electron chi connectivity index (χ2n) is 6.58. The summed E-state index contributed by atoms with van der Waals surface area (Å²) in [5.74, 6) is -1.02. The fraction of sp³-hybridized carbons (Fsp3) is 0.0909. The average molecular weight is 577 g/mol. The minimum atomic E-state index is -0.646. The van der Waals surface area contributed by atoms with Crippen LogP contribution < -0.4 is 10.9 Å². The number of carbonyl (C=O) groups is 2. The number of esters is 1. The lowest BCUT2D eigenvalue weighted by molar-refractivity contribution is 0.0520. The van der Waals surface area contributed by atoms with Crippen LogP contribution in [0.5, 0.6) is 0 Å². The molecule has 4 rings (SSSR count). The summed E-state index contributed by atoms with van der Waals surface area (Å²) < 4.78 is 7.97. The summed E-state index contributed by atoms with van der Waals surface area (Å²) in [6.45, 7) is 1.86. The van der Waals surface area contributed by atoms with Crippen molar-refractivity contribution >= 4 is 70.8 Å². The van der Waals surface area contributed by atoms with Crippen molar-refractivity contribution < 1.29 is 14.3 Å². The van der Waals surface area contributed by atoms with Gasteiger partial charge in [-0.2, -0.15) is 9.78 Å². The lowest BCUT2D eigenvalue weighted by Crippen LogP contribution is -2.25. The molecule has 0 atom stereocenters. The minimum Gasteiger partial charge on any atom is -0.461 e. The summed E-state index contributed by atoms with van der Waals surface area (Å²) >= 11 is 7.85. The molecule has 1 N–H and O–H groups in total. The van der Waals surface area contributed by atoms with E-state index in [1.807, 2.05) is 0 Å². The number of amides is 1. The van der Waals surface area contributed by atoms with Crippen LogP contribution in [0.2, 0.25) is 0 Å². The molecule has 7 nitrogen and oxygen atoms in total.